The molecule has 19 heavy (non-hydrogen) atoms. The van der Waals surface area contributed by atoms with Gasteiger partial charge in [0.15, 0.2) is 10.8 Å². The van der Waals surface area contributed by atoms with Gasteiger partial charge in [-0.15, -0.1) is 0 Å². The van der Waals surface area contributed by atoms with Crippen LogP contribution in [0.3, 0.4) is 0 Å². The molecule has 0 radical (unpaired) electrons. The second-order valence-corrected chi connectivity index (χ2v) is 7.75. The number of aryl methyl sites for hydroxylation is 1. The third kappa shape index (κ3) is 3.09. The average molecular weight is 286 g/mol. The summed E-state index contributed by atoms with van der Waals surface area (Å²) in [7, 11) is -1.97. The second kappa shape index (κ2) is 4.79. The number of hydrogen-bond acceptors (Lipinski definition) is 4. The topological polar surface area (TPSA) is 90.0 Å². The first-order chi connectivity index (χ1) is 8.71. The van der Waals surface area contributed by atoms with Crippen LogP contribution in [-0.4, -0.2) is 24.0 Å². The van der Waals surface area contributed by atoms with Gasteiger partial charge in [0.25, 0.3) is 10.0 Å². The molecule has 1 aromatic heterocycles. The van der Waals surface area contributed by atoms with Crippen LogP contribution < -0.4 is 10.5 Å². The number of imidazole rings is 1. The summed E-state index contributed by atoms with van der Waals surface area (Å²) in [5, 5.41) is 0.0517. The second-order valence-electron chi connectivity index (χ2n) is 6.12. The van der Waals surface area contributed by atoms with Crippen molar-refractivity contribution >= 4 is 15.8 Å². The van der Waals surface area contributed by atoms with E-state index in [2.05, 4.69) is 23.6 Å². The lowest BCUT2D eigenvalue weighted by Crippen LogP contribution is -2.41. The van der Waals surface area contributed by atoms with Gasteiger partial charge in [-0.05, 0) is 24.7 Å². The minimum Gasteiger partial charge on any atom is -0.381 e. The van der Waals surface area contributed by atoms with E-state index < -0.39 is 10.0 Å². The van der Waals surface area contributed by atoms with E-state index in [-0.39, 0.29) is 22.3 Å². The van der Waals surface area contributed by atoms with Gasteiger partial charge in [-0.2, -0.15) is 0 Å². The van der Waals surface area contributed by atoms with Crippen molar-refractivity contribution in [2.24, 2.45) is 12.5 Å². The third-order valence-electron chi connectivity index (χ3n) is 3.69. The van der Waals surface area contributed by atoms with Crippen molar-refractivity contribution in [1.82, 2.24) is 14.3 Å². The van der Waals surface area contributed by atoms with Crippen molar-refractivity contribution in [2.75, 3.05) is 5.73 Å². The van der Waals surface area contributed by atoms with Crippen molar-refractivity contribution in [2.45, 2.75) is 50.6 Å². The summed E-state index contributed by atoms with van der Waals surface area (Å²) >= 11 is 0. The largest absolute Gasteiger partial charge is 0.381 e. The molecule has 1 aliphatic rings. The molecule has 1 aliphatic carbocycles. The van der Waals surface area contributed by atoms with Gasteiger partial charge in [-0.1, -0.05) is 20.3 Å². The highest BCUT2D eigenvalue weighted by atomic mass is 32.2. The molecule has 0 bridgehead atoms. The Morgan fingerprint density at radius 2 is 2.21 bits per heavy atom. The van der Waals surface area contributed by atoms with Gasteiger partial charge in [0, 0.05) is 13.1 Å². The van der Waals surface area contributed by atoms with E-state index in [0.717, 1.165) is 25.7 Å². The van der Waals surface area contributed by atoms with Gasteiger partial charge in [0.2, 0.25) is 0 Å². The Balaban J connectivity index is 2.18. The SMILES string of the molecule is Cn1cnc(N)c1S(=O)(=O)NC1CCCC(C)(C)C1. The van der Waals surface area contributed by atoms with Crippen LogP contribution in [0.15, 0.2) is 11.4 Å². The third-order valence-corrected chi connectivity index (χ3v) is 5.34. The standard InChI is InChI=1S/C12H22N4O2S/c1-12(2)6-4-5-9(7-12)15-19(17,18)11-10(13)14-8-16(11)3/h8-9,15H,4-7,13H2,1-3H3. The zero-order chi connectivity index (χ0) is 14.3. The molecule has 6 nitrogen and oxygen atoms in total. The lowest BCUT2D eigenvalue weighted by molar-refractivity contribution is 0.212. The summed E-state index contributed by atoms with van der Waals surface area (Å²) in [6.45, 7) is 4.35. The molecule has 0 aliphatic heterocycles. The summed E-state index contributed by atoms with van der Waals surface area (Å²) in [5.41, 5.74) is 5.82. The number of hydrogen-bond donors (Lipinski definition) is 2. The maximum Gasteiger partial charge on any atom is 0.260 e. The number of nitrogens with two attached hydrogens (primary N) is 1. The van der Waals surface area contributed by atoms with E-state index in [1.54, 1.807) is 7.05 Å². The van der Waals surface area contributed by atoms with Crippen LogP contribution in [0.4, 0.5) is 5.82 Å². The first-order valence-electron chi connectivity index (χ1n) is 6.50. The normalized spacial score (nSPS) is 23.4. The smallest absolute Gasteiger partial charge is 0.260 e. The Kier molecular flexibility index (Phi) is 3.61. The van der Waals surface area contributed by atoms with Gasteiger partial charge >= 0.3 is 0 Å². The van der Waals surface area contributed by atoms with Crippen LogP contribution in [0.1, 0.15) is 39.5 Å². The van der Waals surface area contributed by atoms with Crippen molar-refractivity contribution in [3.8, 4) is 0 Å². The molecule has 1 unspecified atom stereocenters. The number of rotatable bonds is 3. The predicted octanol–water partition coefficient (Wildman–Crippen LogP) is 1.25. The van der Waals surface area contributed by atoms with Crippen molar-refractivity contribution in [3.05, 3.63) is 6.33 Å². The van der Waals surface area contributed by atoms with Crippen LogP contribution in [0.25, 0.3) is 0 Å². The summed E-state index contributed by atoms with van der Waals surface area (Å²) in [4.78, 5) is 3.83. The first kappa shape index (κ1) is 14.3. The van der Waals surface area contributed by atoms with Gasteiger partial charge in [-0.3, -0.25) is 0 Å². The van der Waals surface area contributed by atoms with Crippen molar-refractivity contribution < 1.29 is 8.42 Å². The fourth-order valence-electron chi connectivity index (χ4n) is 2.84. The number of aromatic nitrogens is 2. The fraction of sp³-hybridized carbons (Fsp3) is 0.750. The van der Waals surface area contributed by atoms with Crippen LogP contribution in [0.5, 0.6) is 0 Å². The number of anilines is 1. The molecule has 1 atom stereocenters. The molecular formula is C12H22N4O2S. The molecule has 1 heterocycles. The summed E-state index contributed by atoms with van der Waals surface area (Å²) in [5.74, 6) is 0.0464. The average Bonchev–Trinajstić information content (AvgIpc) is 2.56. The van der Waals surface area contributed by atoms with Gasteiger partial charge in [-0.25, -0.2) is 18.1 Å². The maximum atomic E-state index is 12.4. The van der Waals surface area contributed by atoms with E-state index in [1.165, 1.54) is 10.9 Å². The Bertz CT molecular complexity index is 543. The van der Waals surface area contributed by atoms with Crippen LogP contribution in [-0.2, 0) is 17.1 Å². The van der Waals surface area contributed by atoms with Gasteiger partial charge in [0.05, 0.1) is 6.33 Å². The number of nitrogens with one attached hydrogen (secondary N) is 1. The highest BCUT2D eigenvalue weighted by molar-refractivity contribution is 7.89. The quantitative estimate of drug-likeness (QED) is 0.875. The molecule has 3 N–H and O–H groups in total. The maximum absolute atomic E-state index is 12.4. The lowest BCUT2D eigenvalue weighted by atomic mass is 9.75. The Hall–Kier alpha value is -1.08. The highest BCUT2D eigenvalue weighted by Gasteiger charge is 2.32. The molecular weight excluding hydrogens is 264 g/mol. The zero-order valence-electron chi connectivity index (χ0n) is 11.7. The van der Waals surface area contributed by atoms with Crippen LogP contribution in [0.2, 0.25) is 0 Å². The Morgan fingerprint density at radius 3 is 2.74 bits per heavy atom. The lowest BCUT2D eigenvalue weighted by Gasteiger charge is -2.35. The first-order valence-corrected chi connectivity index (χ1v) is 7.99. The predicted molar refractivity (Wildman–Crippen MR) is 74.0 cm³/mol. The van der Waals surface area contributed by atoms with E-state index in [1.807, 2.05) is 0 Å². The van der Waals surface area contributed by atoms with Crippen LogP contribution in [0, 0.1) is 5.41 Å². The number of sulfonamides is 1. The molecule has 1 saturated carbocycles. The summed E-state index contributed by atoms with van der Waals surface area (Å²) < 4.78 is 28.9. The van der Waals surface area contributed by atoms with E-state index in [4.69, 9.17) is 5.73 Å². The summed E-state index contributed by atoms with van der Waals surface area (Å²) in [6, 6.07) is -0.0250. The molecule has 1 aromatic rings. The molecule has 0 spiro atoms. The molecule has 0 saturated heterocycles. The molecule has 7 heteroatoms. The minimum atomic E-state index is -3.60. The van der Waals surface area contributed by atoms with E-state index in [0.29, 0.717) is 0 Å². The van der Waals surface area contributed by atoms with E-state index in [9.17, 15) is 8.42 Å². The molecule has 0 amide bonds. The Labute approximate surface area is 114 Å². The summed E-state index contributed by atoms with van der Waals surface area (Å²) in [6.07, 6.45) is 5.32. The monoisotopic (exact) mass is 286 g/mol. The molecule has 1 fully saturated rings. The number of nitrogen functional groups attached to an aromatic ring is 1. The minimum absolute atomic E-state index is 0.0250. The van der Waals surface area contributed by atoms with Crippen molar-refractivity contribution in [3.63, 3.8) is 0 Å². The van der Waals surface area contributed by atoms with Gasteiger partial charge in [0.1, 0.15) is 0 Å². The zero-order valence-corrected chi connectivity index (χ0v) is 12.5. The molecule has 2 rings (SSSR count). The Morgan fingerprint density at radius 1 is 1.53 bits per heavy atom. The fourth-order valence-corrected chi connectivity index (χ4v) is 4.34. The van der Waals surface area contributed by atoms with E-state index >= 15 is 0 Å². The van der Waals surface area contributed by atoms with Crippen molar-refractivity contribution in [1.29, 1.82) is 0 Å². The van der Waals surface area contributed by atoms with Gasteiger partial charge < -0.3 is 10.3 Å². The molecule has 108 valence electrons. The highest BCUT2D eigenvalue weighted by Crippen LogP contribution is 2.35. The molecule has 0 aromatic carbocycles. The number of nitrogens with zero attached hydrogens (tertiary/aromatic N) is 2. The van der Waals surface area contributed by atoms with Crippen LogP contribution >= 0.6 is 0 Å².